The summed E-state index contributed by atoms with van der Waals surface area (Å²) < 4.78 is 11.6. The van der Waals surface area contributed by atoms with Gasteiger partial charge >= 0.3 is 0 Å². The predicted molar refractivity (Wildman–Crippen MR) is 119 cm³/mol. The van der Waals surface area contributed by atoms with Crippen molar-refractivity contribution in [2.75, 3.05) is 13.2 Å². The van der Waals surface area contributed by atoms with Crippen LogP contribution in [0.1, 0.15) is 73.3 Å². The van der Waals surface area contributed by atoms with E-state index in [0.717, 1.165) is 43.7 Å². The second-order valence-electron chi connectivity index (χ2n) is 9.81. The van der Waals surface area contributed by atoms with Crippen molar-refractivity contribution in [1.29, 1.82) is 0 Å². The molecule has 1 aromatic rings. The van der Waals surface area contributed by atoms with Crippen LogP contribution >= 0.6 is 0 Å². The van der Waals surface area contributed by atoms with Gasteiger partial charge in [0.1, 0.15) is 5.75 Å². The summed E-state index contributed by atoms with van der Waals surface area (Å²) in [5.41, 5.74) is 1.11. The summed E-state index contributed by atoms with van der Waals surface area (Å²) in [4.78, 5) is 14.3. The topological polar surface area (TPSA) is 38.8 Å². The lowest BCUT2D eigenvalue weighted by Crippen LogP contribution is -2.39. The van der Waals surface area contributed by atoms with E-state index in [-0.39, 0.29) is 17.6 Å². The molecule has 1 aliphatic heterocycles. The van der Waals surface area contributed by atoms with Gasteiger partial charge in [-0.15, -0.1) is 0 Å². The Kier molecular flexibility index (Phi) is 8.57. The third-order valence-corrected chi connectivity index (χ3v) is 6.04. The van der Waals surface area contributed by atoms with Gasteiger partial charge in [0.05, 0.1) is 11.7 Å². The van der Waals surface area contributed by atoms with E-state index in [1.54, 1.807) is 6.92 Å². The van der Waals surface area contributed by atoms with Crippen LogP contribution in [0.25, 0.3) is 0 Å². The molecule has 1 saturated heterocycles. The van der Waals surface area contributed by atoms with Crippen molar-refractivity contribution in [2.24, 2.45) is 17.8 Å². The van der Waals surface area contributed by atoms with Crippen LogP contribution in [0.5, 0.6) is 5.75 Å². The summed E-state index contributed by atoms with van der Waals surface area (Å²) in [6, 6.07) is 8.12. The van der Waals surface area contributed by atoms with Gasteiger partial charge in [-0.2, -0.15) is 0 Å². The second kappa shape index (κ2) is 10.5. The third kappa shape index (κ3) is 7.65. The minimum absolute atomic E-state index is 0.0316. The Morgan fingerprint density at radius 2 is 1.86 bits per heavy atom. The Hall–Kier alpha value is -1.55. The van der Waals surface area contributed by atoms with Crippen molar-refractivity contribution in [2.45, 2.75) is 86.0 Å². The zero-order valence-corrected chi connectivity index (χ0v) is 19.5. The van der Waals surface area contributed by atoms with Gasteiger partial charge in [0.15, 0.2) is 0 Å². The number of hydrogen-bond acceptors (Lipinski definition) is 3. The van der Waals surface area contributed by atoms with E-state index in [1.807, 2.05) is 30.9 Å². The van der Waals surface area contributed by atoms with Crippen LogP contribution in [-0.2, 0) is 16.1 Å². The molecule has 4 nitrogen and oxygen atoms in total. The van der Waals surface area contributed by atoms with Crippen LogP contribution in [0.3, 0.4) is 0 Å². The van der Waals surface area contributed by atoms with Crippen LogP contribution in [0.15, 0.2) is 24.3 Å². The number of rotatable bonds is 9. The van der Waals surface area contributed by atoms with Crippen molar-refractivity contribution in [3.05, 3.63) is 29.8 Å². The third-order valence-electron chi connectivity index (χ3n) is 6.04. The molecule has 1 amide bonds. The Morgan fingerprint density at radius 1 is 1.21 bits per heavy atom. The van der Waals surface area contributed by atoms with E-state index in [9.17, 15) is 4.79 Å². The molecule has 1 fully saturated rings. The maximum atomic E-state index is 12.3. The minimum atomic E-state index is -0.0316. The average molecular weight is 404 g/mol. The Bertz CT molecular complexity index is 636. The quantitative estimate of drug-likeness (QED) is 0.532. The number of carbonyl (C=O) groups excluding carboxylic acids is 1. The predicted octanol–water partition coefficient (Wildman–Crippen LogP) is 5.69. The van der Waals surface area contributed by atoms with E-state index in [0.29, 0.717) is 24.3 Å². The van der Waals surface area contributed by atoms with Crippen LogP contribution in [0.2, 0.25) is 0 Å². The molecule has 1 aliphatic rings. The van der Waals surface area contributed by atoms with Gasteiger partial charge in [-0.05, 0) is 82.4 Å². The summed E-state index contributed by atoms with van der Waals surface area (Å²) in [6.07, 6.45) is 3.45. The van der Waals surface area contributed by atoms with Crippen LogP contribution in [0.4, 0.5) is 0 Å². The number of hydrogen-bond donors (Lipinski definition) is 0. The van der Waals surface area contributed by atoms with Crippen LogP contribution in [-0.4, -0.2) is 35.7 Å². The highest BCUT2D eigenvalue weighted by molar-refractivity contribution is 5.73. The Labute approximate surface area is 178 Å². The highest BCUT2D eigenvalue weighted by Gasteiger charge is 2.34. The highest BCUT2D eigenvalue weighted by atomic mass is 16.5. The maximum Gasteiger partial charge on any atom is 0.219 e. The summed E-state index contributed by atoms with van der Waals surface area (Å²) in [5.74, 6) is 2.90. The molecule has 4 heteroatoms. The van der Waals surface area contributed by atoms with Gasteiger partial charge in [-0.1, -0.05) is 26.0 Å². The normalized spacial score (nSPS) is 20.0. The lowest BCUT2D eigenvalue weighted by Gasteiger charge is -2.41. The van der Waals surface area contributed by atoms with E-state index >= 15 is 0 Å². The standard InChI is InChI=1S/C25H41NO3/c1-18(2)24(22-13-15-28-25(6,7)16-22)12-14-26(20(5)27)17-21-8-10-23(11-9-21)29-19(3)4/h8-11,18-19,22,24H,12-17H2,1-7H3/t22-,24-/m0/s1. The summed E-state index contributed by atoms with van der Waals surface area (Å²) >= 11 is 0. The summed E-state index contributed by atoms with van der Waals surface area (Å²) in [5, 5.41) is 0. The van der Waals surface area contributed by atoms with Crippen molar-refractivity contribution >= 4 is 5.91 Å². The maximum absolute atomic E-state index is 12.3. The first kappa shape index (κ1) is 23.7. The molecule has 2 atom stereocenters. The lowest BCUT2D eigenvalue weighted by molar-refractivity contribution is -0.130. The van der Waals surface area contributed by atoms with Crippen molar-refractivity contribution in [3.8, 4) is 5.75 Å². The molecule has 0 aromatic heterocycles. The van der Waals surface area contributed by atoms with E-state index in [1.165, 1.54) is 0 Å². The minimum Gasteiger partial charge on any atom is -0.491 e. The van der Waals surface area contributed by atoms with Crippen molar-refractivity contribution < 1.29 is 14.3 Å². The molecule has 0 bridgehead atoms. The molecular formula is C25H41NO3. The van der Waals surface area contributed by atoms with Crippen LogP contribution < -0.4 is 4.74 Å². The highest BCUT2D eigenvalue weighted by Crippen LogP contribution is 2.38. The van der Waals surface area contributed by atoms with Gasteiger partial charge in [0.25, 0.3) is 0 Å². The van der Waals surface area contributed by atoms with Crippen molar-refractivity contribution in [1.82, 2.24) is 4.90 Å². The second-order valence-corrected chi connectivity index (χ2v) is 9.81. The summed E-state index contributed by atoms with van der Waals surface area (Å²) in [6.45, 7) is 17.1. The van der Waals surface area contributed by atoms with Gasteiger partial charge in [-0.3, -0.25) is 4.79 Å². The Balaban J connectivity index is 1.98. The zero-order valence-electron chi connectivity index (χ0n) is 19.5. The zero-order chi connectivity index (χ0) is 21.6. The molecule has 0 unspecified atom stereocenters. The summed E-state index contributed by atoms with van der Waals surface area (Å²) in [7, 11) is 0. The number of nitrogens with zero attached hydrogens (tertiary/aromatic N) is 1. The van der Waals surface area contributed by atoms with Gasteiger partial charge < -0.3 is 14.4 Å². The monoisotopic (exact) mass is 403 g/mol. The number of carbonyl (C=O) groups is 1. The number of benzene rings is 1. The first-order chi connectivity index (χ1) is 13.6. The molecule has 0 N–H and O–H groups in total. The van der Waals surface area contributed by atoms with Gasteiger partial charge in [-0.25, -0.2) is 0 Å². The smallest absolute Gasteiger partial charge is 0.219 e. The fourth-order valence-electron chi connectivity index (χ4n) is 4.58. The Morgan fingerprint density at radius 3 is 2.38 bits per heavy atom. The van der Waals surface area contributed by atoms with E-state index in [4.69, 9.17) is 9.47 Å². The molecule has 1 aromatic carbocycles. The molecule has 29 heavy (non-hydrogen) atoms. The van der Waals surface area contributed by atoms with Gasteiger partial charge in [0.2, 0.25) is 5.91 Å². The largest absolute Gasteiger partial charge is 0.491 e. The fourth-order valence-corrected chi connectivity index (χ4v) is 4.58. The molecule has 0 radical (unpaired) electrons. The SMILES string of the molecule is CC(=O)N(CC[C@@H](C(C)C)[C@H]1CCOC(C)(C)C1)Cc1ccc(OC(C)C)cc1. The van der Waals surface area contributed by atoms with E-state index in [2.05, 4.69) is 39.8 Å². The fraction of sp³-hybridized carbons (Fsp3) is 0.720. The van der Waals surface area contributed by atoms with E-state index < -0.39 is 0 Å². The average Bonchev–Trinajstić information content (AvgIpc) is 2.60. The number of amides is 1. The molecule has 2 rings (SSSR count). The van der Waals surface area contributed by atoms with Crippen LogP contribution in [0, 0.1) is 17.8 Å². The van der Waals surface area contributed by atoms with Crippen molar-refractivity contribution in [3.63, 3.8) is 0 Å². The lowest BCUT2D eigenvalue weighted by atomic mass is 9.73. The first-order valence-corrected chi connectivity index (χ1v) is 11.2. The molecule has 164 valence electrons. The molecular weight excluding hydrogens is 362 g/mol. The molecule has 1 heterocycles. The molecule has 0 saturated carbocycles. The molecule has 0 aliphatic carbocycles. The molecule has 0 spiro atoms. The van der Waals surface area contributed by atoms with Gasteiger partial charge in [0, 0.05) is 26.6 Å². The first-order valence-electron chi connectivity index (χ1n) is 11.2. The number of ether oxygens (including phenoxy) is 2.